The zero-order valence-electron chi connectivity index (χ0n) is 20.5. The molecule has 1 amide bonds. The quantitative estimate of drug-likeness (QED) is 0.369. The van der Waals surface area contributed by atoms with Crippen LogP contribution in [0.4, 0.5) is 5.13 Å². The van der Waals surface area contributed by atoms with Crippen molar-refractivity contribution in [3.63, 3.8) is 0 Å². The minimum Gasteiger partial charge on any atom is -0.348 e. The maximum absolute atomic E-state index is 13.4. The van der Waals surface area contributed by atoms with E-state index in [-0.39, 0.29) is 12.0 Å². The molecule has 2 aliphatic rings. The number of carbonyl (C=O) groups is 1. The number of benzene rings is 3. The first-order valence-electron chi connectivity index (χ1n) is 13.0. The van der Waals surface area contributed by atoms with Gasteiger partial charge in [-0.1, -0.05) is 84.1 Å². The molecule has 184 valence electrons. The highest BCUT2D eigenvalue weighted by Crippen LogP contribution is 2.33. The lowest BCUT2D eigenvalue weighted by molar-refractivity contribution is -0.138. The second-order valence-corrected chi connectivity index (χ2v) is 10.8. The fourth-order valence-electron chi connectivity index (χ4n) is 5.66. The zero-order chi connectivity index (χ0) is 24.3. The summed E-state index contributed by atoms with van der Waals surface area (Å²) in [6, 6.07) is 30.0. The minimum atomic E-state index is 0.126. The molecule has 0 aliphatic carbocycles. The number of para-hydroxylation sites is 1. The van der Waals surface area contributed by atoms with Crippen LogP contribution in [0.3, 0.4) is 0 Å². The predicted octanol–water partition coefficient (Wildman–Crippen LogP) is 5.45. The van der Waals surface area contributed by atoms with Crippen molar-refractivity contribution in [1.82, 2.24) is 14.8 Å². The third kappa shape index (κ3) is 4.75. The summed E-state index contributed by atoms with van der Waals surface area (Å²) in [5.74, 6) is 0.468. The third-order valence-electron chi connectivity index (χ3n) is 7.62. The van der Waals surface area contributed by atoms with E-state index in [0.29, 0.717) is 5.91 Å². The topological polar surface area (TPSA) is 39.7 Å². The van der Waals surface area contributed by atoms with Crippen molar-refractivity contribution in [2.75, 3.05) is 44.2 Å². The average Bonchev–Trinajstić information content (AvgIpc) is 3.39. The van der Waals surface area contributed by atoms with Crippen molar-refractivity contribution in [1.29, 1.82) is 0 Å². The molecular formula is C30H32N4OS. The van der Waals surface area contributed by atoms with Crippen LogP contribution in [0.1, 0.15) is 30.0 Å². The van der Waals surface area contributed by atoms with Gasteiger partial charge < -0.3 is 9.80 Å². The van der Waals surface area contributed by atoms with Crippen LogP contribution in [-0.2, 0) is 4.79 Å². The van der Waals surface area contributed by atoms with Crippen molar-refractivity contribution in [3.05, 3.63) is 96.1 Å². The van der Waals surface area contributed by atoms with Gasteiger partial charge >= 0.3 is 0 Å². The second kappa shape index (κ2) is 10.4. The van der Waals surface area contributed by atoms with Crippen LogP contribution in [-0.4, -0.2) is 60.0 Å². The smallest absolute Gasteiger partial charge is 0.225 e. The molecule has 0 spiro atoms. The molecule has 2 fully saturated rings. The van der Waals surface area contributed by atoms with Crippen LogP contribution in [0.5, 0.6) is 0 Å². The van der Waals surface area contributed by atoms with Gasteiger partial charge in [-0.3, -0.25) is 9.69 Å². The van der Waals surface area contributed by atoms with Crippen LogP contribution >= 0.6 is 11.3 Å². The molecule has 4 aromatic rings. The monoisotopic (exact) mass is 496 g/mol. The molecule has 1 aromatic heterocycles. The average molecular weight is 497 g/mol. The summed E-state index contributed by atoms with van der Waals surface area (Å²) in [5.41, 5.74) is 3.69. The standard InChI is InChI=1S/C30H32N4OS/c35-29(25-15-17-34(18-16-25)30-31-26-13-7-8-14-27(26)36-30)33-21-19-32(20-22-33)28(23-9-3-1-4-10-23)24-11-5-2-6-12-24/h1-14,25,28H,15-22H2. The first kappa shape index (κ1) is 23.2. The number of carbonyl (C=O) groups excluding carboxylic acids is 1. The van der Waals surface area contributed by atoms with Crippen LogP contribution < -0.4 is 4.90 Å². The molecule has 3 aromatic carbocycles. The van der Waals surface area contributed by atoms with E-state index in [2.05, 4.69) is 93.6 Å². The van der Waals surface area contributed by atoms with E-state index in [1.54, 1.807) is 11.3 Å². The lowest BCUT2D eigenvalue weighted by Crippen LogP contribution is -2.52. The van der Waals surface area contributed by atoms with E-state index in [1.165, 1.54) is 15.8 Å². The van der Waals surface area contributed by atoms with Crippen LogP contribution in [0.25, 0.3) is 10.2 Å². The fraction of sp³-hybridized carbons (Fsp3) is 0.333. The van der Waals surface area contributed by atoms with Gasteiger partial charge in [-0.05, 0) is 36.1 Å². The SMILES string of the molecule is O=C(C1CCN(c2nc3ccccc3s2)CC1)N1CCN(C(c2ccccc2)c2ccccc2)CC1. The van der Waals surface area contributed by atoms with Gasteiger partial charge in [0.25, 0.3) is 0 Å². The molecule has 3 heterocycles. The van der Waals surface area contributed by atoms with E-state index >= 15 is 0 Å². The molecule has 6 rings (SSSR count). The number of piperidine rings is 1. The number of fused-ring (bicyclic) bond motifs is 1. The summed E-state index contributed by atoms with van der Waals surface area (Å²) < 4.78 is 1.23. The Morgan fingerprint density at radius 1 is 0.750 bits per heavy atom. The molecule has 0 radical (unpaired) electrons. The first-order valence-corrected chi connectivity index (χ1v) is 13.8. The van der Waals surface area contributed by atoms with Gasteiger partial charge in [-0.15, -0.1) is 0 Å². The molecule has 0 bridgehead atoms. The molecule has 0 saturated carbocycles. The van der Waals surface area contributed by atoms with Crippen molar-refractivity contribution in [2.45, 2.75) is 18.9 Å². The summed E-state index contributed by atoms with van der Waals surface area (Å²) in [7, 11) is 0. The molecule has 0 N–H and O–H groups in total. The van der Waals surface area contributed by atoms with E-state index in [1.807, 2.05) is 6.07 Å². The Balaban J connectivity index is 1.07. The number of rotatable bonds is 5. The normalized spacial score (nSPS) is 17.7. The van der Waals surface area contributed by atoms with Gasteiger partial charge in [0.1, 0.15) is 0 Å². The molecule has 6 heteroatoms. The number of thiazole rings is 1. The molecule has 2 saturated heterocycles. The van der Waals surface area contributed by atoms with Gasteiger partial charge in [0.15, 0.2) is 5.13 Å². The van der Waals surface area contributed by atoms with Crippen LogP contribution in [0, 0.1) is 5.92 Å². The lowest BCUT2D eigenvalue weighted by atomic mass is 9.94. The Morgan fingerprint density at radius 3 is 1.94 bits per heavy atom. The predicted molar refractivity (Wildman–Crippen MR) is 147 cm³/mol. The summed E-state index contributed by atoms with van der Waals surface area (Å²) in [4.78, 5) is 25.2. The Bertz CT molecular complexity index is 1220. The Kier molecular flexibility index (Phi) is 6.71. The number of anilines is 1. The molecule has 0 unspecified atom stereocenters. The maximum Gasteiger partial charge on any atom is 0.225 e. The largest absolute Gasteiger partial charge is 0.348 e. The molecule has 2 aliphatic heterocycles. The highest BCUT2D eigenvalue weighted by atomic mass is 32.1. The van der Waals surface area contributed by atoms with Gasteiger partial charge in [0.2, 0.25) is 5.91 Å². The summed E-state index contributed by atoms with van der Waals surface area (Å²) >= 11 is 1.75. The number of amides is 1. The summed E-state index contributed by atoms with van der Waals surface area (Å²) in [6.07, 6.45) is 1.82. The highest BCUT2D eigenvalue weighted by molar-refractivity contribution is 7.22. The van der Waals surface area contributed by atoms with Crippen molar-refractivity contribution >= 4 is 32.6 Å². The van der Waals surface area contributed by atoms with Crippen LogP contribution in [0.2, 0.25) is 0 Å². The van der Waals surface area contributed by atoms with Gasteiger partial charge in [-0.25, -0.2) is 4.98 Å². The third-order valence-corrected chi connectivity index (χ3v) is 8.72. The van der Waals surface area contributed by atoms with Gasteiger partial charge in [-0.2, -0.15) is 0 Å². The summed E-state index contributed by atoms with van der Waals surface area (Å²) in [5, 5.41) is 1.09. The highest BCUT2D eigenvalue weighted by Gasteiger charge is 2.33. The number of nitrogens with zero attached hydrogens (tertiary/aromatic N) is 4. The Morgan fingerprint density at radius 2 is 1.33 bits per heavy atom. The zero-order valence-corrected chi connectivity index (χ0v) is 21.3. The minimum absolute atomic E-state index is 0.126. The van der Waals surface area contributed by atoms with Gasteiger partial charge in [0.05, 0.1) is 16.3 Å². The molecule has 36 heavy (non-hydrogen) atoms. The van der Waals surface area contributed by atoms with E-state index in [4.69, 9.17) is 4.98 Å². The number of hydrogen-bond donors (Lipinski definition) is 0. The molecular weight excluding hydrogens is 464 g/mol. The van der Waals surface area contributed by atoms with E-state index < -0.39 is 0 Å². The molecule has 0 atom stereocenters. The fourth-order valence-corrected chi connectivity index (χ4v) is 6.67. The van der Waals surface area contributed by atoms with Crippen molar-refractivity contribution in [2.24, 2.45) is 5.92 Å². The number of hydrogen-bond acceptors (Lipinski definition) is 5. The second-order valence-electron chi connectivity index (χ2n) is 9.81. The number of aromatic nitrogens is 1. The lowest BCUT2D eigenvalue weighted by Gasteiger charge is -2.41. The van der Waals surface area contributed by atoms with E-state index in [9.17, 15) is 4.79 Å². The first-order chi connectivity index (χ1) is 17.8. The number of piperazine rings is 1. The van der Waals surface area contributed by atoms with Crippen LogP contribution in [0.15, 0.2) is 84.9 Å². The Labute approximate surface area is 217 Å². The van der Waals surface area contributed by atoms with Crippen molar-refractivity contribution < 1.29 is 4.79 Å². The molecule has 5 nitrogen and oxygen atoms in total. The Hall–Kier alpha value is -3.22. The van der Waals surface area contributed by atoms with Gasteiger partial charge in [0, 0.05) is 45.2 Å². The van der Waals surface area contributed by atoms with E-state index in [0.717, 1.165) is 62.8 Å². The van der Waals surface area contributed by atoms with Crippen molar-refractivity contribution in [3.8, 4) is 0 Å². The maximum atomic E-state index is 13.4. The summed E-state index contributed by atoms with van der Waals surface area (Å²) in [6.45, 7) is 5.19.